The van der Waals surface area contributed by atoms with Crippen LogP contribution in [0.25, 0.3) is 0 Å². The van der Waals surface area contributed by atoms with Gasteiger partial charge in [0, 0.05) is 6.54 Å². The number of hydrogen-bond acceptors (Lipinski definition) is 4. The molecular formula is C19H21NO4. The molecule has 0 fully saturated rings. The maximum atomic E-state index is 12.4. The summed E-state index contributed by atoms with van der Waals surface area (Å²) in [5.74, 6) is 1.02. The van der Waals surface area contributed by atoms with Crippen molar-refractivity contribution in [2.45, 2.75) is 38.7 Å². The number of carbonyl (C=O) groups is 1. The summed E-state index contributed by atoms with van der Waals surface area (Å²) < 4.78 is 11.5. The molecular weight excluding hydrogens is 306 g/mol. The average Bonchev–Trinajstić information content (AvgIpc) is 2.59. The Bertz CT molecular complexity index is 712. The van der Waals surface area contributed by atoms with E-state index in [1.165, 1.54) is 0 Å². The Balaban J connectivity index is 1.61. The Morgan fingerprint density at radius 3 is 2.38 bits per heavy atom. The molecule has 2 aromatic rings. The summed E-state index contributed by atoms with van der Waals surface area (Å²) in [7, 11) is 0. The van der Waals surface area contributed by atoms with Gasteiger partial charge in [0.05, 0.1) is 6.10 Å². The molecule has 0 spiro atoms. The van der Waals surface area contributed by atoms with Crippen LogP contribution in [0.1, 0.15) is 31.1 Å². The van der Waals surface area contributed by atoms with Crippen LogP contribution in [0.5, 0.6) is 11.5 Å². The second kappa shape index (κ2) is 6.93. The molecule has 1 heterocycles. The normalized spacial score (nSPS) is 20.3. The summed E-state index contributed by atoms with van der Waals surface area (Å²) >= 11 is 0. The highest BCUT2D eigenvalue weighted by molar-refractivity contribution is 5.82. The van der Waals surface area contributed by atoms with Gasteiger partial charge in [-0.15, -0.1) is 0 Å². The molecule has 1 aliphatic rings. The zero-order valence-corrected chi connectivity index (χ0v) is 13.7. The standard InChI is InChI=1S/C19H21NO4/c1-12(21)15-9-7-14(8-10-15)11-20-19(22)18-13(2)23-16-5-3-4-6-17(16)24-18/h3-10,12-13,18,21H,11H2,1-2H3,(H,20,22). The number of hydrogen-bond donors (Lipinski definition) is 2. The van der Waals surface area contributed by atoms with Crippen LogP contribution in [-0.4, -0.2) is 23.2 Å². The molecule has 0 aliphatic carbocycles. The highest BCUT2D eigenvalue weighted by Gasteiger charge is 2.33. The van der Waals surface area contributed by atoms with Crippen LogP contribution in [-0.2, 0) is 11.3 Å². The third-order valence-electron chi connectivity index (χ3n) is 4.03. The van der Waals surface area contributed by atoms with E-state index in [0.717, 1.165) is 11.1 Å². The van der Waals surface area contributed by atoms with Gasteiger partial charge in [-0.2, -0.15) is 0 Å². The first-order valence-corrected chi connectivity index (χ1v) is 8.01. The number of rotatable bonds is 4. The topological polar surface area (TPSA) is 67.8 Å². The molecule has 3 atom stereocenters. The third-order valence-corrected chi connectivity index (χ3v) is 4.03. The molecule has 126 valence electrons. The van der Waals surface area contributed by atoms with Crippen molar-refractivity contribution in [2.75, 3.05) is 0 Å². The molecule has 5 nitrogen and oxygen atoms in total. The van der Waals surface area contributed by atoms with Gasteiger partial charge in [0.15, 0.2) is 11.5 Å². The van der Waals surface area contributed by atoms with Gasteiger partial charge in [-0.1, -0.05) is 36.4 Å². The van der Waals surface area contributed by atoms with Gasteiger partial charge in [0.1, 0.15) is 6.10 Å². The van der Waals surface area contributed by atoms with Crippen molar-refractivity contribution < 1.29 is 19.4 Å². The van der Waals surface area contributed by atoms with Crippen molar-refractivity contribution in [3.8, 4) is 11.5 Å². The minimum Gasteiger partial charge on any atom is -0.482 e. The highest BCUT2D eigenvalue weighted by atomic mass is 16.6. The predicted octanol–water partition coefficient (Wildman–Crippen LogP) is 2.58. The molecule has 0 bridgehead atoms. The van der Waals surface area contributed by atoms with Crippen LogP contribution in [0.2, 0.25) is 0 Å². The van der Waals surface area contributed by atoms with Crippen LogP contribution in [0, 0.1) is 0 Å². The second-order valence-electron chi connectivity index (χ2n) is 5.94. The molecule has 1 aliphatic heterocycles. The van der Waals surface area contributed by atoms with Crippen LogP contribution < -0.4 is 14.8 Å². The monoisotopic (exact) mass is 327 g/mol. The van der Waals surface area contributed by atoms with E-state index in [4.69, 9.17) is 9.47 Å². The molecule has 2 aromatic carbocycles. The number of aliphatic hydroxyl groups is 1. The SMILES string of the molecule is CC(O)c1ccc(CNC(=O)C2Oc3ccccc3OC2C)cc1. The molecule has 0 saturated heterocycles. The Labute approximate surface area is 141 Å². The molecule has 0 saturated carbocycles. The van der Waals surface area contributed by atoms with Gasteiger partial charge >= 0.3 is 0 Å². The molecule has 0 aromatic heterocycles. The van der Waals surface area contributed by atoms with Crippen LogP contribution in [0.15, 0.2) is 48.5 Å². The third kappa shape index (κ3) is 3.51. The summed E-state index contributed by atoms with van der Waals surface area (Å²) in [4.78, 5) is 12.4. The largest absolute Gasteiger partial charge is 0.482 e. The number of para-hydroxylation sites is 2. The van der Waals surface area contributed by atoms with Gasteiger partial charge < -0.3 is 19.9 Å². The first-order valence-electron chi connectivity index (χ1n) is 8.01. The number of ether oxygens (including phenoxy) is 2. The van der Waals surface area contributed by atoms with Crippen molar-refractivity contribution in [2.24, 2.45) is 0 Å². The Hall–Kier alpha value is -2.53. The molecule has 1 amide bonds. The lowest BCUT2D eigenvalue weighted by Crippen LogP contribution is -2.48. The molecule has 0 radical (unpaired) electrons. The smallest absolute Gasteiger partial charge is 0.265 e. The van der Waals surface area contributed by atoms with Crippen LogP contribution >= 0.6 is 0 Å². The van der Waals surface area contributed by atoms with Crippen LogP contribution in [0.4, 0.5) is 0 Å². The summed E-state index contributed by atoms with van der Waals surface area (Å²) in [6.45, 7) is 3.93. The van der Waals surface area contributed by atoms with E-state index in [-0.39, 0.29) is 12.0 Å². The summed E-state index contributed by atoms with van der Waals surface area (Å²) in [5.41, 5.74) is 1.80. The van der Waals surface area contributed by atoms with E-state index in [2.05, 4.69) is 5.32 Å². The fraction of sp³-hybridized carbons (Fsp3) is 0.316. The molecule has 2 N–H and O–H groups in total. The van der Waals surface area contributed by atoms with Gasteiger partial charge in [0.25, 0.3) is 5.91 Å². The number of nitrogens with one attached hydrogen (secondary N) is 1. The lowest BCUT2D eigenvalue weighted by molar-refractivity contribution is -0.133. The van der Waals surface area contributed by atoms with Crippen molar-refractivity contribution in [3.63, 3.8) is 0 Å². The van der Waals surface area contributed by atoms with E-state index >= 15 is 0 Å². The maximum Gasteiger partial charge on any atom is 0.265 e. The minimum atomic E-state index is -0.684. The van der Waals surface area contributed by atoms with Crippen LogP contribution in [0.3, 0.4) is 0 Å². The van der Waals surface area contributed by atoms with Gasteiger partial charge in [-0.05, 0) is 37.1 Å². The number of carbonyl (C=O) groups excluding carboxylic acids is 1. The predicted molar refractivity (Wildman–Crippen MR) is 89.9 cm³/mol. The first kappa shape index (κ1) is 16.3. The number of benzene rings is 2. The van der Waals surface area contributed by atoms with Crippen molar-refractivity contribution in [1.29, 1.82) is 0 Å². The summed E-state index contributed by atoms with van der Waals surface area (Å²) in [5, 5.41) is 12.4. The van der Waals surface area contributed by atoms with E-state index < -0.39 is 12.2 Å². The Morgan fingerprint density at radius 2 is 1.75 bits per heavy atom. The number of aliphatic hydroxyl groups excluding tert-OH is 1. The molecule has 5 heteroatoms. The Kier molecular flexibility index (Phi) is 4.71. The number of amides is 1. The van der Waals surface area contributed by atoms with Crippen molar-refractivity contribution in [3.05, 3.63) is 59.7 Å². The second-order valence-corrected chi connectivity index (χ2v) is 5.94. The quantitative estimate of drug-likeness (QED) is 0.906. The summed E-state index contributed by atoms with van der Waals surface area (Å²) in [6, 6.07) is 14.8. The van der Waals surface area contributed by atoms with E-state index in [1.807, 2.05) is 49.4 Å². The lowest BCUT2D eigenvalue weighted by Gasteiger charge is -2.31. The fourth-order valence-corrected chi connectivity index (χ4v) is 2.61. The Morgan fingerprint density at radius 1 is 1.12 bits per heavy atom. The van der Waals surface area contributed by atoms with Gasteiger partial charge in [-0.3, -0.25) is 4.79 Å². The van der Waals surface area contributed by atoms with E-state index in [1.54, 1.807) is 13.0 Å². The van der Waals surface area contributed by atoms with Gasteiger partial charge in [-0.25, -0.2) is 0 Å². The fourth-order valence-electron chi connectivity index (χ4n) is 2.61. The highest BCUT2D eigenvalue weighted by Crippen LogP contribution is 2.33. The molecule has 24 heavy (non-hydrogen) atoms. The summed E-state index contributed by atoms with van der Waals surface area (Å²) in [6.07, 6.45) is -1.54. The van der Waals surface area contributed by atoms with E-state index in [9.17, 15) is 9.90 Å². The minimum absolute atomic E-state index is 0.211. The molecule has 3 rings (SSSR count). The van der Waals surface area contributed by atoms with E-state index in [0.29, 0.717) is 18.0 Å². The average molecular weight is 327 g/mol. The lowest BCUT2D eigenvalue weighted by atomic mass is 10.1. The number of fused-ring (bicyclic) bond motifs is 1. The zero-order valence-electron chi connectivity index (χ0n) is 13.7. The molecule has 3 unspecified atom stereocenters. The zero-order chi connectivity index (χ0) is 17.1. The van der Waals surface area contributed by atoms with Crippen molar-refractivity contribution in [1.82, 2.24) is 5.32 Å². The first-order chi connectivity index (χ1) is 11.5. The maximum absolute atomic E-state index is 12.4. The van der Waals surface area contributed by atoms with Crippen molar-refractivity contribution >= 4 is 5.91 Å². The van der Waals surface area contributed by atoms with Gasteiger partial charge in [0.2, 0.25) is 6.10 Å².